The number of terminal acetylenes is 1. The van der Waals surface area contributed by atoms with Crippen molar-refractivity contribution in [2.75, 3.05) is 6.61 Å². The predicted molar refractivity (Wildman–Crippen MR) is 77.5 cm³/mol. The molecular weight excluding hydrogens is 258 g/mol. The predicted octanol–water partition coefficient (Wildman–Crippen LogP) is 0.673. The van der Waals surface area contributed by atoms with Crippen LogP contribution in [-0.2, 0) is 4.79 Å². The smallest absolute Gasteiger partial charge is 0.353 e. The van der Waals surface area contributed by atoms with E-state index in [4.69, 9.17) is 23.1 Å². The molecule has 0 rings (SSSR count). The summed E-state index contributed by atoms with van der Waals surface area (Å²) in [6.07, 6.45) is 12.6. The van der Waals surface area contributed by atoms with Gasteiger partial charge in [0.25, 0.3) is 0 Å². The fraction of sp³-hybridized carbons (Fsp3) is 0.357. The van der Waals surface area contributed by atoms with Crippen LogP contribution in [0.3, 0.4) is 0 Å². The zero-order valence-electron chi connectivity index (χ0n) is 11.5. The normalized spacial score (nSPS) is 13.0. The number of unbranched alkanes of at least 4 members (excludes halogenated alkanes) is 1. The Kier molecular flexibility index (Phi) is 8.59. The van der Waals surface area contributed by atoms with Crippen LogP contribution in [0.4, 0.5) is 0 Å². The van der Waals surface area contributed by atoms with Gasteiger partial charge < -0.3 is 15.9 Å². The third kappa shape index (κ3) is 5.61. The van der Waals surface area contributed by atoms with E-state index in [2.05, 4.69) is 5.92 Å². The number of carboxylic acids is 1. The number of hydrazine groups is 1. The number of aliphatic carboxylic acids is 1. The van der Waals surface area contributed by atoms with Crippen molar-refractivity contribution < 1.29 is 15.0 Å². The number of rotatable bonds is 8. The van der Waals surface area contributed by atoms with Crippen molar-refractivity contribution in [2.45, 2.75) is 26.2 Å². The third-order valence-corrected chi connectivity index (χ3v) is 2.43. The quantitative estimate of drug-likeness (QED) is 0.171. The van der Waals surface area contributed by atoms with Crippen LogP contribution in [0.2, 0.25) is 0 Å². The molecule has 0 aromatic heterocycles. The van der Waals surface area contributed by atoms with Gasteiger partial charge in [-0.05, 0) is 18.6 Å². The van der Waals surface area contributed by atoms with Gasteiger partial charge in [-0.2, -0.15) is 0 Å². The number of hydrogen-bond donors (Lipinski definition) is 4. The van der Waals surface area contributed by atoms with E-state index in [0.717, 1.165) is 17.9 Å². The van der Waals surface area contributed by atoms with Crippen LogP contribution in [0.5, 0.6) is 0 Å². The third-order valence-electron chi connectivity index (χ3n) is 2.43. The molecule has 20 heavy (non-hydrogen) atoms. The van der Waals surface area contributed by atoms with Crippen molar-refractivity contribution in [2.24, 2.45) is 11.6 Å². The first kappa shape index (κ1) is 17.8. The van der Waals surface area contributed by atoms with Gasteiger partial charge in [-0.1, -0.05) is 19.4 Å². The molecule has 0 aliphatic heterocycles. The van der Waals surface area contributed by atoms with Gasteiger partial charge in [0, 0.05) is 6.42 Å². The summed E-state index contributed by atoms with van der Waals surface area (Å²) in [5.41, 5.74) is 5.27. The Hall–Kier alpha value is -2.23. The standard InChI is InChI=1S/C14H21N3O3/c1-3-5-7-9-11(8-6-4-2)17(16)12(10-18)13(15)14(19)20/h2,7-9,18H,3,5-6,10,15-16H2,1H3,(H,19,20)/b9-7-,11-8+,13-12-. The summed E-state index contributed by atoms with van der Waals surface area (Å²) in [4.78, 5) is 10.9. The fourth-order valence-electron chi connectivity index (χ4n) is 1.35. The summed E-state index contributed by atoms with van der Waals surface area (Å²) in [6.45, 7) is 1.43. The summed E-state index contributed by atoms with van der Waals surface area (Å²) in [5.74, 6) is 6.90. The number of carboxylic acid groups (broad SMARTS) is 1. The zero-order chi connectivity index (χ0) is 15.5. The first-order valence-electron chi connectivity index (χ1n) is 6.17. The average Bonchev–Trinajstić information content (AvgIpc) is 2.43. The minimum absolute atomic E-state index is 0.0954. The second-order valence-electron chi connectivity index (χ2n) is 3.92. The maximum atomic E-state index is 10.9. The first-order chi connectivity index (χ1) is 9.49. The van der Waals surface area contributed by atoms with E-state index in [1.807, 2.05) is 13.0 Å². The topological polar surface area (TPSA) is 113 Å². The molecule has 0 saturated carbocycles. The minimum atomic E-state index is -1.35. The molecular formula is C14H21N3O3. The number of nitrogens with zero attached hydrogens (tertiary/aromatic N) is 1. The van der Waals surface area contributed by atoms with Gasteiger partial charge >= 0.3 is 5.97 Å². The maximum Gasteiger partial charge on any atom is 0.353 e. The van der Waals surface area contributed by atoms with E-state index in [1.165, 1.54) is 0 Å². The molecule has 0 bridgehead atoms. The van der Waals surface area contributed by atoms with Gasteiger partial charge in [0.05, 0.1) is 18.0 Å². The van der Waals surface area contributed by atoms with Crippen molar-refractivity contribution in [1.82, 2.24) is 5.01 Å². The largest absolute Gasteiger partial charge is 0.477 e. The highest BCUT2D eigenvalue weighted by molar-refractivity contribution is 5.86. The second kappa shape index (κ2) is 9.67. The summed E-state index contributed by atoms with van der Waals surface area (Å²) < 4.78 is 0. The number of hydrogen-bond acceptors (Lipinski definition) is 5. The SMILES string of the molecule is C#CC/C=C(\C=C/CCC)N(N)/C(CO)=C(\N)C(=O)O. The highest BCUT2D eigenvalue weighted by Gasteiger charge is 2.16. The summed E-state index contributed by atoms with van der Waals surface area (Å²) in [6, 6.07) is 0. The molecule has 0 amide bonds. The van der Waals surface area contributed by atoms with Crippen LogP contribution in [0.1, 0.15) is 26.2 Å². The number of carbonyl (C=O) groups is 1. The fourth-order valence-corrected chi connectivity index (χ4v) is 1.35. The van der Waals surface area contributed by atoms with Crippen LogP contribution in [0.25, 0.3) is 0 Å². The molecule has 0 fully saturated rings. The number of nitrogens with two attached hydrogens (primary N) is 2. The summed E-state index contributed by atoms with van der Waals surface area (Å²) >= 11 is 0. The molecule has 110 valence electrons. The first-order valence-corrected chi connectivity index (χ1v) is 6.17. The van der Waals surface area contributed by atoms with Gasteiger partial charge in [0.15, 0.2) is 0 Å². The molecule has 0 spiro atoms. The molecule has 0 aromatic carbocycles. The second-order valence-corrected chi connectivity index (χ2v) is 3.92. The molecule has 0 atom stereocenters. The Bertz CT molecular complexity index is 459. The van der Waals surface area contributed by atoms with E-state index < -0.39 is 18.3 Å². The Balaban J connectivity index is 5.41. The van der Waals surface area contributed by atoms with E-state index in [1.54, 1.807) is 12.2 Å². The van der Waals surface area contributed by atoms with Crippen LogP contribution in [0, 0.1) is 12.3 Å². The molecule has 6 heteroatoms. The van der Waals surface area contributed by atoms with Crippen LogP contribution >= 0.6 is 0 Å². The lowest BCUT2D eigenvalue weighted by atomic mass is 10.2. The Morgan fingerprint density at radius 3 is 2.60 bits per heavy atom. The van der Waals surface area contributed by atoms with Gasteiger partial charge in [-0.15, -0.1) is 12.3 Å². The van der Waals surface area contributed by atoms with Crippen LogP contribution in [-0.4, -0.2) is 27.8 Å². The molecule has 0 radical (unpaired) electrons. The van der Waals surface area contributed by atoms with E-state index in [-0.39, 0.29) is 5.70 Å². The van der Waals surface area contributed by atoms with Crippen LogP contribution < -0.4 is 11.6 Å². The van der Waals surface area contributed by atoms with E-state index >= 15 is 0 Å². The van der Waals surface area contributed by atoms with Crippen molar-refractivity contribution in [3.63, 3.8) is 0 Å². The molecule has 0 heterocycles. The van der Waals surface area contributed by atoms with Gasteiger partial charge in [0.1, 0.15) is 5.70 Å². The summed E-state index contributed by atoms with van der Waals surface area (Å²) in [5, 5.41) is 19.1. The molecule has 0 aromatic rings. The van der Waals surface area contributed by atoms with Crippen molar-refractivity contribution in [1.29, 1.82) is 0 Å². The van der Waals surface area contributed by atoms with Crippen molar-refractivity contribution in [3.05, 3.63) is 35.3 Å². The number of allylic oxidation sites excluding steroid dienone is 3. The molecule has 0 aliphatic rings. The summed E-state index contributed by atoms with van der Waals surface area (Å²) in [7, 11) is 0. The number of aliphatic hydroxyl groups excluding tert-OH is 1. The Morgan fingerprint density at radius 2 is 2.15 bits per heavy atom. The molecule has 6 N–H and O–H groups in total. The zero-order valence-corrected chi connectivity index (χ0v) is 11.5. The van der Waals surface area contributed by atoms with Crippen LogP contribution in [0.15, 0.2) is 35.3 Å². The van der Waals surface area contributed by atoms with Gasteiger partial charge in [-0.25, -0.2) is 10.6 Å². The van der Waals surface area contributed by atoms with E-state index in [9.17, 15) is 9.90 Å². The average molecular weight is 279 g/mol. The van der Waals surface area contributed by atoms with Crippen molar-refractivity contribution in [3.8, 4) is 12.3 Å². The molecule has 0 saturated heterocycles. The highest BCUT2D eigenvalue weighted by atomic mass is 16.4. The van der Waals surface area contributed by atoms with Gasteiger partial charge in [-0.3, -0.25) is 5.01 Å². The lowest BCUT2D eigenvalue weighted by molar-refractivity contribution is -0.132. The Morgan fingerprint density at radius 1 is 1.50 bits per heavy atom. The molecule has 6 nitrogen and oxygen atoms in total. The monoisotopic (exact) mass is 279 g/mol. The highest BCUT2D eigenvalue weighted by Crippen LogP contribution is 2.13. The minimum Gasteiger partial charge on any atom is -0.477 e. The number of aliphatic hydroxyl groups is 1. The molecule has 0 unspecified atom stereocenters. The maximum absolute atomic E-state index is 10.9. The van der Waals surface area contributed by atoms with E-state index in [0.29, 0.717) is 12.1 Å². The molecule has 0 aliphatic carbocycles. The lowest BCUT2D eigenvalue weighted by Crippen LogP contribution is -2.34. The van der Waals surface area contributed by atoms with Gasteiger partial charge in [0.2, 0.25) is 0 Å². The Labute approximate surface area is 119 Å². The lowest BCUT2D eigenvalue weighted by Gasteiger charge is -2.22. The van der Waals surface area contributed by atoms with Crippen molar-refractivity contribution >= 4 is 5.97 Å².